The molecular formula is C52H42O22. The second-order valence-corrected chi connectivity index (χ2v) is 17.9. The molecule has 3 aliphatic rings. The molecule has 22 nitrogen and oxygen atoms in total. The van der Waals surface area contributed by atoms with Crippen molar-refractivity contribution in [3.63, 3.8) is 0 Å². The molecule has 0 saturated carbocycles. The molecule has 10 rings (SSSR count). The van der Waals surface area contributed by atoms with Crippen molar-refractivity contribution in [2.75, 3.05) is 0 Å². The summed E-state index contributed by atoms with van der Waals surface area (Å²) in [6.07, 6.45) is -10.9. The van der Waals surface area contributed by atoms with E-state index in [-0.39, 0.29) is 33.6 Å². The molecule has 74 heavy (non-hydrogen) atoms. The Bertz CT molecular complexity index is 3440. The summed E-state index contributed by atoms with van der Waals surface area (Å²) in [6, 6.07) is 15.0. The van der Waals surface area contributed by atoms with Gasteiger partial charge in [-0.15, -0.1) is 0 Å². The lowest BCUT2D eigenvalue weighted by Crippen LogP contribution is -2.41. The van der Waals surface area contributed by atoms with Crippen LogP contribution in [0.4, 0.5) is 0 Å². The molecule has 0 aliphatic carbocycles. The van der Waals surface area contributed by atoms with Gasteiger partial charge >= 0.3 is 5.97 Å². The quantitative estimate of drug-likeness (QED) is 0.0699. The van der Waals surface area contributed by atoms with Crippen LogP contribution in [0, 0.1) is 0 Å². The van der Waals surface area contributed by atoms with Gasteiger partial charge in [-0.2, -0.15) is 0 Å². The van der Waals surface area contributed by atoms with Crippen molar-refractivity contribution in [1.82, 2.24) is 0 Å². The summed E-state index contributed by atoms with van der Waals surface area (Å²) >= 11 is 0. The number of ether oxygens (including phenoxy) is 4. The van der Waals surface area contributed by atoms with Crippen LogP contribution in [0.1, 0.15) is 85.0 Å². The molecule has 17 N–H and O–H groups in total. The highest BCUT2D eigenvalue weighted by atomic mass is 16.6. The predicted octanol–water partition coefficient (Wildman–Crippen LogP) is 5.43. The number of carbonyl (C=O) groups is 1. The third-order valence-corrected chi connectivity index (χ3v) is 13.4. The summed E-state index contributed by atoms with van der Waals surface area (Å²) in [5.74, 6) is -17.8. The van der Waals surface area contributed by atoms with Gasteiger partial charge in [-0.25, -0.2) is 4.79 Å². The standard InChI is InChI=1S/C52H42O22/c53-21-12-30(61)38-37(13-21)71-47(18-2-5-24(55)28(59)8-18)45(69)42(38)39-32(63)16-33(64)41-43(40-31(62)15-26(57)22-14-36(67)46(72-49(22)40)17-1-4-23(54)27(58)7-17)51(74-52(70)20-10-34(65)44(68)35(66)11-20)48(73-50(39)41)19-3-6-25(56)29(60)9-19/h1-13,15-16,36,42-43,45-48,51,53-69H,14H2/t36-,42+,43-,45+,46+,47+,48+,51+/m0/s1. The first kappa shape index (κ1) is 48.0. The first-order valence-corrected chi connectivity index (χ1v) is 22.2. The maximum absolute atomic E-state index is 14.5. The number of aromatic hydroxyl groups is 15. The van der Waals surface area contributed by atoms with E-state index >= 15 is 0 Å². The molecule has 0 radical (unpaired) electrons. The van der Waals surface area contributed by atoms with Gasteiger partial charge in [0, 0.05) is 64.1 Å². The third-order valence-electron chi connectivity index (χ3n) is 13.4. The molecule has 0 amide bonds. The van der Waals surface area contributed by atoms with Crippen LogP contribution in [0.15, 0.2) is 91.0 Å². The topological polar surface area (TPSA) is 398 Å². The van der Waals surface area contributed by atoms with Crippen molar-refractivity contribution in [3.8, 4) is 103 Å². The molecule has 0 bridgehead atoms. The molecule has 382 valence electrons. The molecule has 22 heteroatoms. The van der Waals surface area contributed by atoms with Crippen LogP contribution in [-0.2, 0) is 11.2 Å². The maximum Gasteiger partial charge on any atom is 0.338 e. The van der Waals surface area contributed by atoms with Crippen molar-refractivity contribution in [2.24, 2.45) is 0 Å². The van der Waals surface area contributed by atoms with Crippen LogP contribution in [0.2, 0.25) is 0 Å². The summed E-state index contributed by atoms with van der Waals surface area (Å²) in [6.45, 7) is 0. The molecule has 0 spiro atoms. The largest absolute Gasteiger partial charge is 0.508 e. The van der Waals surface area contributed by atoms with Crippen LogP contribution in [0.25, 0.3) is 0 Å². The Labute approximate surface area is 415 Å². The molecule has 0 unspecified atom stereocenters. The van der Waals surface area contributed by atoms with Gasteiger partial charge in [-0.1, -0.05) is 18.2 Å². The molecule has 0 fully saturated rings. The van der Waals surface area contributed by atoms with Crippen molar-refractivity contribution >= 4 is 5.97 Å². The highest BCUT2D eigenvalue weighted by Crippen LogP contribution is 2.63. The van der Waals surface area contributed by atoms with E-state index in [1.54, 1.807) is 0 Å². The summed E-state index contributed by atoms with van der Waals surface area (Å²) < 4.78 is 25.5. The lowest BCUT2D eigenvalue weighted by Gasteiger charge is -2.44. The number of aliphatic hydroxyl groups excluding tert-OH is 2. The monoisotopic (exact) mass is 1020 g/mol. The van der Waals surface area contributed by atoms with E-state index < -0.39 is 181 Å². The summed E-state index contributed by atoms with van der Waals surface area (Å²) in [4.78, 5) is 14.5. The van der Waals surface area contributed by atoms with Gasteiger partial charge in [0.05, 0.1) is 23.5 Å². The van der Waals surface area contributed by atoms with E-state index in [4.69, 9.17) is 18.9 Å². The number of benzene rings is 7. The predicted molar refractivity (Wildman–Crippen MR) is 249 cm³/mol. The molecule has 7 aromatic carbocycles. The highest BCUT2D eigenvalue weighted by molar-refractivity contribution is 5.91. The van der Waals surface area contributed by atoms with Crippen LogP contribution in [-0.4, -0.2) is 111 Å². The minimum atomic E-state index is -2.03. The van der Waals surface area contributed by atoms with E-state index in [0.717, 1.165) is 72.8 Å². The number of carbonyl (C=O) groups excluding carboxylic acids is 1. The third kappa shape index (κ3) is 7.80. The van der Waals surface area contributed by atoms with Gasteiger partial charge in [0.1, 0.15) is 64.0 Å². The van der Waals surface area contributed by atoms with Gasteiger partial charge in [-0.05, 0) is 59.7 Å². The van der Waals surface area contributed by atoms with Gasteiger partial charge in [0.15, 0.2) is 70.1 Å². The highest BCUT2D eigenvalue weighted by Gasteiger charge is 2.52. The van der Waals surface area contributed by atoms with Gasteiger partial charge in [0.25, 0.3) is 0 Å². The number of hydrogen-bond acceptors (Lipinski definition) is 22. The Morgan fingerprint density at radius 1 is 0.432 bits per heavy atom. The zero-order chi connectivity index (χ0) is 52.9. The number of phenols is 15. The molecule has 3 aliphatic heterocycles. The number of phenolic OH excluding ortho intramolecular Hbond substituents is 15. The number of rotatable bonds is 7. The average molecular weight is 1020 g/mol. The Morgan fingerprint density at radius 2 is 0.905 bits per heavy atom. The van der Waals surface area contributed by atoms with Crippen molar-refractivity contribution in [1.29, 1.82) is 0 Å². The van der Waals surface area contributed by atoms with Crippen LogP contribution >= 0.6 is 0 Å². The van der Waals surface area contributed by atoms with Gasteiger partial charge in [0.2, 0.25) is 0 Å². The van der Waals surface area contributed by atoms with E-state index in [0.29, 0.717) is 0 Å². The molecular weight excluding hydrogens is 977 g/mol. The summed E-state index contributed by atoms with van der Waals surface area (Å²) in [5, 5.41) is 188. The fraction of sp³-hybridized carbons (Fsp3) is 0.173. The SMILES string of the molecule is O=C(O[C@@H]1[C@@H](c2c(O)cc(O)c3c2O[C@H](c2ccc(O)c(O)c2)[C@@H](O)C3)c2c(O)cc(O)c([C@H]3c4c(O)cc(O)cc4O[C@H](c4ccc(O)c(O)c4)[C@@H]3O)c2O[C@@H]1c1ccc(O)c(O)c1)c1cc(O)c(O)c(O)c1. The Balaban J connectivity index is 1.28. The van der Waals surface area contributed by atoms with Crippen molar-refractivity contribution in [3.05, 3.63) is 141 Å². The molecule has 0 aromatic heterocycles. The molecule has 3 heterocycles. The number of fused-ring (bicyclic) bond motifs is 3. The Hall–Kier alpha value is -9.67. The lowest BCUT2D eigenvalue weighted by atomic mass is 9.73. The first-order valence-electron chi connectivity index (χ1n) is 22.2. The zero-order valence-corrected chi connectivity index (χ0v) is 37.6. The van der Waals surface area contributed by atoms with E-state index in [9.17, 15) is 91.6 Å². The number of aliphatic hydroxyl groups is 2. The first-order chi connectivity index (χ1) is 35.1. The zero-order valence-electron chi connectivity index (χ0n) is 37.6. The van der Waals surface area contributed by atoms with Crippen molar-refractivity contribution in [2.45, 2.75) is 54.9 Å². The Kier molecular flexibility index (Phi) is 11.4. The van der Waals surface area contributed by atoms with E-state index in [1.807, 2.05) is 0 Å². The smallest absolute Gasteiger partial charge is 0.338 e. The average Bonchev–Trinajstić information content (AvgIpc) is 3.34. The van der Waals surface area contributed by atoms with Gasteiger partial charge < -0.3 is 106 Å². The second-order valence-electron chi connectivity index (χ2n) is 17.9. The van der Waals surface area contributed by atoms with Crippen LogP contribution < -0.4 is 14.2 Å². The van der Waals surface area contributed by atoms with Crippen LogP contribution in [0.3, 0.4) is 0 Å². The maximum atomic E-state index is 14.5. The molecule has 0 saturated heterocycles. The van der Waals surface area contributed by atoms with Gasteiger partial charge in [-0.3, -0.25) is 0 Å². The number of hydrogen-bond donors (Lipinski definition) is 17. The summed E-state index contributed by atoms with van der Waals surface area (Å²) in [5.41, 5.74) is -2.68. The number of esters is 1. The minimum Gasteiger partial charge on any atom is -0.508 e. The second kappa shape index (κ2) is 17.6. The van der Waals surface area contributed by atoms with Crippen LogP contribution in [0.5, 0.6) is 103 Å². The Morgan fingerprint density at radius 3 is 1.46 bits per heavy atom. The molecule has 7 aromatic rings. The van der Waals surface area contributed by atoms with E-state index in [1.165, 1.54) is 18.2 Å². The normalized spacial score (nSPS) is 21.7. The fourth-order valence-corrected chi connectivity index (χ4v) is 9.96. The minimum absolute atomic E-state index is 0.00409. The summed E-state index contributed by atoms with van der Waals surface area (Å²) in [7, 11) is 0. The fourth-order valence-electron chi connectivity index (χ4n) is 9.96. The lowest BCUT2D eigenvalue weighted by molar-refractivity contribution is -0.0302. The molecule has 8 atom stereocenters. The van der Waals surface area contributed by atoms with Crippen molar-refractivity contribution < 1.29 is 111 Å². The van der Waals surface area contributed by atoms with E-state index in [2.05, 4.69) is 0 Å².